The first-order valence-electron chi connectivity index (χ1n) is 5.59. The minimum atomic E-state index is 0.913. The third-order valence-electron chi connectivity index (χ3n) is 2.74. The fourth-order valence-electron chi connectivity index (χ4n) is 1.73. The molecule has 0 aromatic heterocycles. The fraction of sp³-hybridized carbons (Fsp3) is 0.0625. The van der Waals surface area contributed by atoms with Crippen LogP contribution in [0.25, 0.3) is 6.08 Å². The topological polar surface area (TPSA) is 12.4 Å². The average Bonchev–Trinajstić information content (AvgIpc) is 2.40. The van der Waals surface area contributed by atoms with Gasteiger partial charge in [0.05, 0.1) is 5.69 Å². The Morgan fingerprint density at radius 2 is 1.41 bits per heavy atom. The second-order valence-corrected chi connectivity index (χ2v) is 3.95. The molecule has 0 saturated heterocycles. The molecule has 84 valence electrons. The van der Waals surface area contributed by atoms with Gasteiger partial charge in [-0.3, -0.25) is 4.99 Å². The molecule has 2 rings (SSSR count). The molecule has 2 aromatic carbocycles. The summed E-state index contributed by atoms with van der Waals surface area (Å²) >= 11 is 0. The van der Waals surface area contributed by atoms with Gasteiger partial charge < -0.3 is 0 Å². The standard InChI is InChI=1S/C16H15N/c1-3-13-4-6-14(7-5-13)12-15-8-10-16(17-2)11-9-15/h3-11H,1-2,12H2. The summed E-state index contributed by atoms with van der Waals surface area (Å²) in [5.74, 6) is 0. The molecule has 0 aliphatic heterocycles. The lowest BCUT2D eigenvalue weighted by atomic mass is 10.0. The van der Waals surface area contributed by atoms with E-state index in [9.17, 15) is 0 Å². The summed E-state index contributed by atoms with van der Waals surface area (Å²) in [6.07, 6.45) is 2.79. The zero-order valence-corrected chi connectivity index (χ0v) is 9.76. The maximum absolute atomic E-state index is 3.88. The molecule has 0 radical (unpaired) electrons. The van der Waals surface area contributed by atoms with Crippen molar-refractivity contribution >= 4 is 18.5 Å². The van der Waals surface area contributed by atoms with Gasteiger partial charge in [-0.15, -0.1) is 0 Å². The Labute approximate surface area is 102 Å². The fourth-order valence-corrected chi connectivity index (χ4v) is 1.73. The van der Waals surface area contributed by atoms with Crippen molar-refractivity contribution in [3.8, 4) is 0 Å². The molecule has 0 fully saturated rings. The first-order chi connectivity index (χ1) is 8.31. The van der Waals surface area contributed by atoms with Crippen LogP contribution in [0.2, 0.25) is 0 Å². The third kappa shape index (κ3) is 2.91. The van der Waals surface area contributed by atoms with Crippen molar-refractivity contribution in [1.29, 1.82) is 0 Å². The van der Waals surface area contributed by atoms with E-state index < -0.39 is 0 Å². The zero-order chi connectivity index (χ0) is 12.1. The van der Waals surface area contributed by atoms with Crippen LogP contribution in [0.4, 0.5) is 5.69 Å². The molecule has 1 heteroatoms. The molecule has 0 spiro atoms. The summed E-state index contributed by atoms with van der Waals surface area (Å²) < 4.78 is 0. The van der Waals surface area contributed by atoms with E-state index in [1.165, 1.54) is 11.1 Å². The number of aliphatic imine (C=N–C) groups is 1. The summed E-state index contributed by atoms with van der Waals surface area (Å²) in [4.78, 5) is 3.88. The van der Waals surface area contributed by atoms with Crippen LogP contribution in [0, 0.1) is 0 Å². The van der Waals surface area contributed by atoms with Crippen molar-refractivity contribution in [2.24, 2.45) is 4.99 Å². The second kappa shape index (κ2) is 5.26. The van der Waals surface area contributed by atoms with Crippen LogP contribution in [0.15, 0.2) is 60.1 Å². The minimum absolute atomic E-state index is 0.913. The predicted octanol–water partition coefficient (Wildman–Crippen LogP) is 4.25. The predicted molar refractivity (Wildman–Crippen MR) is 75.0 cm³/mol. The molecule has 0 bridgehead atoms. The Kier molecular flexibility index (Phi) is 3.51. The molecule has 0 unspecified atom stereocenters. The van der Waals surface area contributed by atoms with Gasteiger partial charge in [0, 0.05) is 0 Å². The van der Waals surface area contributed by atoms with Crippen LogP contribution in [-0.2, 0) is 6.42 Å². The molecule has 0 heterocycles. The Hall–Kier alpha value is -2.15. The molecule has 1 nitrogen and oxygen atoms in total. The van der Waals surface area contributed by atoms with Crippen molar-refractivity contribution in [3.63, 3.8) is 0 Å². The van der Waals surface area contributed by atoms with Crippen molar-refractivity contribution in [1.82, 2.24) is 0 Å². The van der Waals surface area contributed by atoms with Crippen molar-refractivity contribution < 1.29 is 0 Å². The molecule has 0 aliphatic carbocycles. The zero-order valence-electron chi connectivity index (χ0n) is 9.76. The van der Waals surface area contributed by atoms with E-state index in [2.05, 4.69) is 54.7 Å². The van der Waals surface area contributed by atoms with E-state index in [1.54, 1.807) is 0 Å². The van der Waals surface area contributed by atoms with E-state index in [-0.39, 0.29) is 0 Å². The van der Waals surface area contributed by atoms with Gasteiger partial charge in [0.25, 0.3) is 0 Å². The molecule has 0 aliphatic rings. The van der Waals surface area contributed by atoms with Gasteiger partial charge in [0.1, 0.15) is 0 Å². The van der Waals surface area contributed by atoms with Crippen molar-refractivity contribution in [3.05, 3.63) is 71.8 Å². The lowest BCUT2D eigenvalue weighted by Gasteiger charge is -2.03. The third-order valence-corrected chi connectivity index (χ3v) is 2.74. The van der Waals surface area contributed by atoms with E-state index in [0.717, 1.165) is 17.7 Å². The van der Waals surface area contributed by atoms with Crippen molar-refractivity contribution in [2.75, 3.05) is 0 Å². The average molecular weight is 221 g/mol. The summed E-state index contributed by atoms with van der Waals surface area (Å²) in [6.45, 7) is 7.25. The van der Waals surface area contributed by atoms with E-state index >= 15 is 0 Å². The normalized spacial score (nSPS) is 9.88. The van der Waals surface area contributed by atoms with E-state index in [4.69, 9.17) is 0 Å². The summed E-state index contributed by atoms with van der Waals surface area (Å²) in [5, 5.41) is 0. The highest BCUT2D eigenvalue weighted by atomic mass is 14.7. The monoisotopic (exact) mass is 221 g/mol. The van der Waals surface area contributed by atoms with Crippen LogP contribution < -0.4 is 0 Å². The van der Waals surface area contributed by atoms with Gasteiger partial charge in [-0.2, -0.15) is 0 Å². The first kappa shape index (κ1) is 11.3. The molecule has 0 saturated carbocycles. The summed E-state index contributed by atoms with van der Waals surface area (Å²) in [7, 11) is 0. The van der Waals surface area contributed by atoms with Crippen LogP contribution in [-0.4, -0.2) is 6.72 Å². The molecule has 0 amide bonds. The number of nitrogens with zero attached hydrogens (tertiary/aromatic N) is 1. The first-order valence-corrected chi connectivity index (χ1v) is 5.59. The summed E-state index contributed by atoms with van der Waals surface area (Å²) in [5.41, 5.74) is 4.65. The Morgan fingerprint density at radius 1 is 0.882 bits per heavy atom. The van der Waals surface area contributed by atoms with Gasteiger partial charge in [-0.25, -0.2) is 0 Å². The smallest absolute Gasteiger partial charge is 0.0622 e. The Bertz CT molecular complexity index is 457. The Morgan fingerprint density at radius 3 is 1.88 bits per heavy atom. The number of rotatable bonds is 4. The van der Waals surface area contributed by atoms with E-state index in [0.29, 0.717) is 0 Å². The molecular formula is C16H15N. The van der Waals surface area contributed by atoms with E-state index in [1.807, 2.05) is 18.2 Å². The maximum Gasteiger partial charge on any atom is 0.0622 e. The van der Waals surface area contributed by atoms with Gasteiger partial charge in [0.2, 0.25) is 0 Å². The van der Waals surface area contributed by atoms with Crippen LogP contribution in [0.3, 0.4) is 0 Å². The maximum atomic E-state index is 3.88. The molecular weight excluding hydrogens is 206 g/mol. The lowest BCUT2D eigenvalue weighted by Crippen LogP contribution is -1.87. The number of hydrogen-bond donors (Lipinski definition) is 0. The SMILES string of the molecule is C=Cc1ccc(Cc2ccc(N=C)cc2)cc1. The number of hydrogen-bond acceptors (Lipinski definition) is 1. The molecule has 17 heavy (non-hydrogen) atoms. The van der Waals surface area contributed by atoms with Gasteiger partial charge in [0.15, 0.2) is 0 Å². The van der Waals surface area contributed by atoms with Crippen LogP contribution in [0.5, 0.6) is 0 Å². The van der Waals surface area contributed by atoms with Crippen LogP contribution >= 0.6 is 0 Å². The minimum Gasteiger partial charge on any atom is -0.265 e. The molecule has 0 N–H and O–H groups in total. The molecule has 2 aromatic rings. The highest BCUT2D eigenvalue weighted by Crippen LogP contribution is 2.15. The van der Waals surface area contributed by atoms with Gasteiger partial charge in [-0.05, 0) is 42.0 Å². The highest BCUT2D eigenvalue weighted by molar-refractivity contribution is 5.48. The van der Waals surface area contributed by atoms with Crippen molar-refractivity contribution in [2.45, 2.75) is 6.42 Å². The van der Waals surface area contributed by atoms with Gasteiger partial charge >= 0.3 is 0 Å². The lowest BCUT2D eigenvalue weighted by molar-refractivity contribution is 1.19. The number of benzene rings is 2. The van der Waals surface area contributed by atoms with Crippen LogP contribution in [0.1, 0.15) is 16.7 Å². The summed E-state index contributed by atoms with van der Waals surface area (Å²) in [6, 6.07) is 16.6. The quantitative estimate of drug-likeness (QED) is 0.684. The highest BCUT2D eigenvalue weighted by Gasteiger charge is 1.96. The largest absolute Gasteiger partial charge is 0.265 e. The van der Waals surface area contributed by atoms with Gasteiger partial charge in [-0.1, -0.05) is 49.1 Å². The molecule has 0 atom stereocenters. The second-order valence-electron chi connectivity index (χ2n) is 3.95. The Balaban J connectivity index is 2.13.